The van der Waals surface area contributed by atoms with Crippen molar-refractivity contribution < 1.29 is 19.3 Å². The SMILES string of the molecule is COC(=O)c1cccc(OCC(C)NB(C)O)c1. The molecule has 6 heteroatoms. The van der Waals surface area contributed by atoms with E-state index in [1.165, 1.54) is 7.11 Å². The Bertz CT molecular complexity index is 397. The van der Waals surface area contributed by atoms with E-state index in [2.05, 4.69) is 9.96 Å². The summed E-state index contributed by atoms with van der Waals surface area (Å²) in [5.74, 6) is 0.202. The molecule has 0 fully saturated rings. The molecule has 0 radical (unpaired) electrons. The van der Waals surface area contributed by atoms with Crippen LogP contribution in [0.3, 0.4) is 0 Å². The first-order valence-corrected chi connectivity index (χ1v) is 5.78. The minimum Gasteiger partial charge on any atom is -0.492 e. The van der Waals surface area contributed by atoms with E-state index in [1.807, 2.05) is 6.92 Å². The molecule has 0 heterocycles. The highest BCUT2D eigenvalue weighted by Gasteiger charge is 2.10. The van der Waals surface area contributed by atoms with Crippen LogP contribution in [-0.4, -0.2) is 37.8 Å². The van der Waals surface area contributed by atoms with Crippen LogP contribution in [0.1, 0.15) is 17.3 Å². The molecule has 0 saturated carbocycles. The van der Waals surface area contributed by atoms with Crippen molar-refractivity contribution in [2.45, 2.75) is 19.8 Å². The van der Waals surface area contributed by atoms with Gasteiger partial charge in [0.25, 0.3) is 0 Å². The number of benzene rings is 1. The Morgan fingerprint density at radius 3 is 2.89 bits per heavy atom. The molecule has 1 atom stereocenters. The maximum atomic E-state index is 11.3. The van der Waals surface area contributed by atoms with Crippen molar-refractivity contribution in [2.75, 3.05) is 13.7 Å². The normalized spacial score (nSPS) is 11.8. The average Bonchev–Trinajstić information content (AvgIpc) is 2.35. The standard InChI is InChI=1S/C12H18BNO4/c1-9(14-13(2)16)8-18-11-6-4-5-10(7-11)12(15)17-3/h4-7,9,14,16H,8H2,1-3H3. The summed E-state index contributed by atoms with van der Waals surface area (Å²) in [5, 5.41) is 12.0. The number of esters is 1. The van der Waals surface area contributed by atoms with E-state index in [0.717, 1.165) is 0 Å². The fourth-order valence-electron chi connectivity index (χ4n) is 1.51. The zero-order valence-corrected chi connectivity index (χ0v) is 10.8. The van der Waals surface area contributed by atoms with Crippen LogP contribution >= 0.6 is 0 Å². The largest absolute Gasteiger partial charge is 0.492 e. The molecule has 0 saturated heterocycles. The number of carbonyl (C=O) groups excluding carboxylic acids is 1. The van der Waals surface area contributed by atoms with Gasteiger partial charge in [0.05, 0.1) is 12.7 Å². The van der Waals surface area contributed by atoms with Gasteiger partial charge in [0.1, 0.15) is 12.4 Å². The van der Waals surface area contributed by atoms with Gasteiger partial charge in [-0.05, 0) is 31.9 Å². The monoisotopic (exact) mass is 251 g/mol. The highest BCUT2D eigenvalue weighted by Crippen LogP contribution is 2.14. The number of hydrogen-bond donors (Lipinski definition) is 2. The van der Waals surface area contributed by atoms with Crippen molar-refractivity contribution >= 4 is 13.0 Å². The van der Waals surface area contributed by atoms with E-state index in [-0.39, 0.29) is 6.04 Å². The second-order valence-corrected chi connectivity index (χ2v) is 4.07. The summed E-state index contributed by atoms with van der Waals surface area (Å²) >= 11 is 0. The van der Waals surface area contributed by atoms with E-state index in [9.17, 15) is 4.79 Å². The fraction of sp³-hybridized carbons (Fsp3) is 0.417. The molecule has 98 valence electrons. The zero-order chi connectivity index (χ0) is 13.5. The van der Waals surface area contributed by atoms with Crippen LogP contribution in [0.25, 0.3) is 0 Å². The van der Waals surface area contributed by atoms with Gasteiger partial charge in [0.15, 0.2) is 0 Å². The third-order valence-corrected chi connectivity index (χ3v) is 2.28. The molecule has 0 spiro atoms. The molecule has 0 aliphatic heterocycles. The molecule has 1 unspecified atom stereocenters. The summed E-state index contributed by atoms with van der Waals surface area (Å²) in [4.78, 5) is 11.3. The van der Waals surface area contributed by atoms with Crippen LogP contribution in [0.2, 0.25) is 6.82 Å². The van der Waals surface area contributed by atoms with Crippen LogP contribution in [0, 0.1) is 0 Å². The molecule has 1 aromatic rings. The quantitative estimate of drug-likeness (QED) is 0.581. The Hall–Kier alpha value is -1.53. The van der Waals surface area contributed by atoms with Gasteiger partial charge in [0.2, 0.25) is 0 Å². The average molecular weight is 251 g/mol. The summed E-state index contributed by atoms with van der Waals surface area (Å²) in [6.07, 6.45) is 0. The lowest BCUT2D eigenvalue weighted by molar-refractivity contribution is 0.0600. The number of nitrogens with one attached hydrogen (secondary N) is 1. The number of hydrogen-bond acceptors (Lipinski definition) is 5. The second kappa shape index (κ2) is 7.03. The van der Waals surface area contributed by atoms with Crippen molar-refractivity contribution in [3.8, 4) is 5.75 Å². The predicted octanol–water partition coefficient (Wildman–Crippen LogP) is 0.940. The highest BCUT2D eigenvalue weighted by molar-refractivity contribution is 6.45. The van der Waals surface area contributed by atoms with Crippen LogP contribution in [0.5, 0.6) is 5.75 Å². The van der Waals surface area contributed by atoms with Crippen molar-refractivity contribution in [2.24, 2.45) is 0 Å². The molecule has 1 rings (SSSR count). The van der Waals surface area contributed by atoms with Gasteiger partial charge in [0, 0.05) is 6.04 Å². The van der Waals surface area contributed by atoms with E-state index in [4.69, 9.17) is 9.76 Å². The first-order valence-electron chi connectivity index (χ1n) is 5.78. The third-order valence-electron chi connectivity index (χ3n) is 2.28. The molecule has 1 aromatic carbocycles. The summed E-state index contributed by atoms with van der Waals surface area (Å²) < 4.78 is 10.2. The third kappa shape index (κ3) is 4.77. The van der Waals surface area contributed by atoms with Gasteiger partial charge < -0.3 is 19.7 Å². The van der Waals surface area contributed by atoms with Gasteiger partial charge in [-0.15, -0.1) is 0 Å². The van der Waals surface area contributed by atoms with E-state index in [0.29, 0.717) is 17.9 Å². The lowest BCUT2D eigenvalue weighted by Crippen LogP contribution is -2.41. The van der Waals surface area contributed by atoms with Crippen molar-refractivity contribution in [3.63, 3.8) is 0 Å². The molecular weight excluding hydrogens is 233 g/mol. The Kier molecular flexibility index (Phi) is 5.68. The Balaban J connectivity index is 2.55. The van der Waals surface area contributed by atoms with Gasteiger partial charge in [-0.2, -0.15) is 0 Å². The van der Waals surface area contributed by atoms with Crippen molar-refractivity contribution in [1.82, 2.24) is 5.23 Å². The molecule has 5 nitrogen and oxygen atoms in total. The van der Waals surface area contributed by atoms with E-state index < -0.39 is 13.0 Å². The first-order chi connectivity index (χ1) is 8.52. The predicted molar refractivity (Wildman–Crippen MR) is 69.7 cm³/mol. The summed E-state index contributed by atoms with van der Waals surface area (Å²) in [5.41, 5.74) is 0.450. The van der Waals surface area contributed by atoms with Gasteiger partial charge in [-0.25, -0.2) is 4.79 Å². The minimum atomic E-state index is -0.579. The van der Waals surface area contributed by atoms with Crippen LogP contribution in [-0.2, 0) is 4.74 Å². The Morgan fingerprint density at radius 1 is 1.56 bits per heavy atom. The van der Waals surface area contributed by atoms with E-state index in [1.54, 1.807) is 31.1 Å². The summed E-state index contributed by atoms with van der Waals surface area (Å²) in [6.45, 7) is 3.95. The molecule has 18 heavy (non-hydrogen) atoms. The summed E-state index contributed by atoms with van der Waals surface area (Å²) in [6, 6.07) is 6.79. The maximum absolute atomic E-state index is 11.3. The molecule has 0 aromatic heterocycles. The van der Waals surface area contributed by atoms with Crippen LogP contribution in [0.15, 0.2) is 24.3 Å². The molecule has 0 aliphatic carbocycles. The molecule has 0 bridgehead atoms. The van der Waals surface area contributed by atoms with Crippen molar-refractivity contribution in [1.29, 1.82) is 0 Å². The van der Waals surface area contributed by atoms with Gasteiger partial charge in [-0.1, -0.05) is 6.07 Å². The number of carbonyl (C=O) groups is 1. The summed E-state index contributed by atoms with van der Waals surface area (Å²) in [7, 11) is 0.759. The zero-order valence-electron chi connectivity index (χ0n) is 10.8. The molecular formula is C12H18BNO4. The lowest BCUT2D eigenvalue weighted by Gasteiger charge is -2.15. The van der Waals surface area contributed by atoms with Crippen LogP contribution in [0.4, 0.5) is 0 Å². The number of rotatable bonds is 6. The topological polar surface area (TPSA) is 67.8 Å². The smallest absolute Gasteiger partial charge is 0.373 e. The van der Waals surface area contributed by atoms with Gasteiger partial charge >= 0.3 is 13.0 Å². The van der Waals surface area contributed by atoms with E-state index >= 15 is 0 Å². The molecule has 0 amide bonds. The Labute approximate surface area is 107 Å². The first kappa shape index (κ1) is 14.5. The van der Waals surface area contributed by atoms with Crippen LogP contribution < -0.4 is 9.96 Å². The number of methoxy groups -OCH3 is 1. The van der Waals surface area contributed by atoms with Crippen molar-refractivity contribution in [3.05, 3.63) is 29.8 Å². The number of ether oxygens (including phenoxy) is 2. The lowest BCUT2D eigenvalue weighted by atomic mass is 9.88. The molecule has 0 aliphatic rings. The Morgan fingerprint density at radius 2 is 2.28 bits per heavy atom. The molecule has 2 N–H and O–H groups in total. The maximum Gasteiger partial charge on any atom is 0.373 e. The minimum absolute atomic E-state index is 0.00628. The van der Waals surface area contributed by atoms with Gasteiger partial charge in [-0.3, -0.25) is 0 Å². The second-order valence-electron chi connectivity index (χ2n) is 4.07. The fourth-order valence-corrected chi connectivity index (χ4v) is 1.51. The highest BCUT2D eigenvalue weighted by atomic mass is 16.5.